The van der Waals surface area contributed by atoms with Crippen LogP contribution in [0.4, 0.5) is 0 Å². The van der Waals surface area contributed by atoms with Crippen molar-refractivity contribution in [1.82, 2.24) is 20.4 Å². The Labute approximate surface area is 175 Å². The summed E-state index contributed by atoms with van der Waals surface area (Å²) in [6, 6.07) is 2.04. The molecule has 6 nitrogen and oxygen atoms in total. The second kappa shape index (κ2) is 9.89. The zero-order valence-electron chi connectivity index (χ0n) is 16.2. The lowest BCUT2D eigenvalue weighted by Gasteiger charge is -2.35. The largest absolute Gasteiger partial charge is 0.373 e. The van der Waals surface area contributed by atoms with Gasteiger partial charge < -0.3 is 15.4 Å². The number of aliphatic imine (C=N–C) groups is 1. The summed E-state index contributed by atoms with van der Waals surface area (Å²) in [5.74, 6) is 0.936. The molecule has 0 bridgehead atoms. The molecule has 0 aromatic heterocycles. The van der Waals surface area contributed by atoms with Crippen LogP contribution in [0.3, 0.4) is 0 Å². The van der Waals surface area contributed by atoms with E-state index in [4.69, 9.17) is 4.74 Å². The van der Waals surface area contributed by atoms with Crippen molar-refractivity contribution in [1.29, 1.82) is 0 Å². The highest BCUT2D eigenvalue weighted by molar-refractivity contribution is 14.0. The first kappa shape index (κ1) is 20.6. The number of guanidine groups is 1. The van der Waals surface area contributed by atoms with Gasteiger partial charge in [-0.25, -0.2) is 0 Å². The van der Waals surface area contributed by atoms with Gasteiger partial charge in [-0.2, -0.15) is 0 Å². The minimum absolute atomic E-state index is 0. The molecule has 0 amide bonds. The van der Waals surface area contributed by atoms with E-state index in [2.05, 4.69) is 25.4 Å². The van der Waals surface area contributed by atoms with Crippen molar-refractivity contribution in [3.8, 4) is 0 Å². The van der Waals surface area contributed by atoms with Gasteiger partial charge in [0, 0.05) is 51.4 Å². The highest BCUT2D eigenvalue weighted by atomic mass is 127. The molecule has 3 heterocycles. The van der Waals surface area contributed by atoms with E-state index in [1.807, 2.05) is 7.05 Å². The van der Waals surface area contributed by atoms with Crippen LogP contribution in [0.15, 0.2) is 4.99 Å². The third-order valence-electron chi connectivity index (χ3n) is 6.58. The lowest BCUT2D eigenvalue weighted by Crippen LogP contribution is -2.52. The molecule has 26 heavy (non-hydrogen) atoms. The number of nitrogens with zero attached hydrogens (tertiary/aromatic N) is 3. The van der Waals surface area contributed by atoms with Crippen molar-refractivity contribution in [2.45, 2.75) is 69.2 Å². The van der Waals surface area contributed by atoms with Crippen LogP contribution in [0, 0.1) is 0 Å². The van der Waals surface area contributed by atoms with E-state index in [9.17, 15) is 0 Å². The zero-order chi connectivity index (χ0) is 17.1. The molecular formula is C19H36IN5O. The van der Waals surface area contributed by atoms with Gasteiger partial charge in [-0.3, -0.25) is 14.8 Å². The monoisotopic (exact) mass is 477 g/mol. The van der Waals surface area contributed by atoms with Gasteiger partial charge in [0.2, 0.25) is 0 Å². The Hall–Kier alpha value is -0.120. The van der Waals surface area contributed by atoms with E-state index in [0.717, 1.165) is 31.7 Å². The summed E-state index contributed by atoms with van der Waals surface area (Å²) in [5, 5.41) is 7.13. The van der Waals surface area contributed by atoms with Gasteiger partial charge in [0.25, 0.3) is 0 Å². The van der Waals surface area contributed by atoms with E-state index >= 15 is 0 Å². The molecule has 4 aliphatic rings. The first-order chi connectivity index (χ1) is 12.3. The Morgan fingerprint density at radius 2 is 1.77 bits per heavy atom. The zero-order valence-corrected chi connectivity index (χ0v) is 18.5. The van der Waals surface area contributed by atoms with Crippen LogP contribution in [-0.2, 0) is 4.74 Å². The summed E-state index contributed by atoms with van der Waals surface area (Å²) in [4.78, 5) is 9.72. The fourth-order valence-electron chi connectivity index (χ4n) is 5.11. The lowest BCUT2D eigenvalue weighted by molar-refractivity contribution is -0.0453. The fraction of sp³-hybridized carbons (Fsp3) is 0.947. The second-order valence-corrected chi connectivity index (χ2v) is 8.26. The lowest BCUT2D eigenvalue weighted by atomic mass is 10.2. The topological polar surface area (TPSA) is 52.1 Å². The maximum Gasteiger partial charge on any atom is 0.191 e. The summed E-state index contributed by atoms with van der Waals surface area (Å²) in [7, 11) is 1.87. The Kier molecular flexibility index (Phi) is 7.84. The van der Waals surface area contributed by atoms with Gasteiger partial charge in [0.05, 0.1) is 12.7 Å². The summed E-state index contributed by atoms with van der Waals surface area (Å²) in [6.07, 6.45) is 9.79. The molecule has 4 rings (SSSR count). The van der Waals surface area contributed by atoms with Crippen LogP contribution in [-0.4, -0.2) is 86.4 Å². The van der Waals surface area contributed by atoms with Gasteiger partial charge in [-0.15, -0.1) is 24.0 Å². The minimum atomic E-state index is 0. The maximum atomic E-state index is 6.05. The molecule has 1 aliphatic carbocycles. The minimum Gasteiger partial charge on any atom is -0.373 e. The molecule has 0 spiro atoms. The maximum absolute atomic E-state index is 6.05. The van der Waals surface area contributed by atoms with Gasteiger partial charge in [-0.1, -0.05) is 12.8 Å². The number of rotatable bonds is 4. The van der Waals surface area contributed by atoms with E-state index in [1.54, 1.807) is 0 Å². The van der Waals surface area contributed by atoms with Crippen LogP contribution < -0.4 is 10.6 Å². The Bertz CT molecular complexity index is 471. The highest BCUT2D eigenvalue weighted by Gasteiger charge is 2.33. The number of ether oxygens (including phenoxy) is 1. The molecule has 4 fully saturated rings. The number of hydrogen-bond donors (Lipinski definition) is 2. The Morgan fingerprint density at radius 3 is 2.58 bits per heavy atom. The molecule has 2 N–H and O–H groups in total. The fourth-order valence-corrected chi connectivity index (χ4v) is 5.11. The van der Waals surface area contributed by atoms with Crippen molar-refractivity contribution < 1.29 is 4.74 Å². The normalized spacial score (nSPS) is 33.9. The number of halogens is 1. The van der Waals surface area contributed by atoms with Gasteiger partial charge in [0.15, 0.2) is 5.96 Å². The van der Waals surface area contributed by atoms with Crippen molar-refractivity contribution in [2.75, 3.05) is 46.4 Å². The number of hydrogen-bond acceptors (Lipinski definition) is 4. The number of morpholine rings is 1. The summed E-state index contributed by atoms with van der Waals surface area (Å²) in [5.41, 5.74) is 0. The van der Waals surface area contributed by atoms with Crippen LogP contribution in [0.2, 0.25) is 0 Å². The van der Waals surface area contributed by atoms with E-state index in [-0.39, 0.29) is 30.1 Å². The van der Waals surface area contributed by atoms with Crippen molar-refractivity contribution in [3.63, 3.8) is 0 Å². The predicted octanol–water partition coefficient (Wildman–Crippen LogP) is 1.65. The molecule has 0 aromatic carbocycles. The van der Waals surface area contributed by atoms with Gasteiger partial charge in [-0.05, 0) is 38.6 Å². The van der Waals surface area contributed by atoms with Crippen LogP contribution in [0.5, 0.6) is 0 Å². The molecule has 1 saturated carbocycles. The number of fused-ring (bicyclic) bond motifs is 1. The SMILES string of the molecule is CN=C(NCC1CN2CCCC2CO1)NC1CCN(C2CCCC2)C1.I. The highest BCUT2D eigenvalue weighted by Crippen LogP contribution is 2.26. The molecule has 7 heteroatoms. The number of nitrogens with one attached hydrogen (secondary N) is 2. The quantitative estimate of drug-likeness (QED) is 0.367. The van der Waals surface area contributed by atoms with Gasteiger partial charge >= 0.3 is 0 Å². The second-order valence-electron chi connectivity index (χ2n) is 8.26. The molecular weight excluding hydrogens is 441 g/mol. The number of likely N-dealkylation sites (tertiary alicyclic amines) is 1. The Balaban J connectivity index is 0.00000196. The van der Waals surface area contributed by atoms with Crippen molar-refractivity contribution in [3.05, 3.63) is 0 Å². The molecule has 3 saturated heterocycles. The van der Waals surface area contributed by atoms with Crippen molar-refractivity contribution >= 4 is 29.9 Å². The molecule has 3 unspecified atom stereocenters. The molecule has 3 aliphatic heterocycles. The van der Waals surface area contributed by atoms with Crippen molar-refractivity contribution in [2.24, 2.45) is 4.99 Å². The van der Waals surface area contributed by atoms with Gasteiger partial charge in [0.1, 0.15) is 0 Å². The molecule has 3 atom stereocenters. The van der Waals surface area contributed by atoms with E-state index in [1.165, 1.54) is 64.6 Å². The third-order valence-corrected chi connectivity index (χ3v) is 6.58. The summed E-state index contributed by atoms with van der Waals surface area (Å²) >= 11 is 0. The average Bonchev–Trinajstić information content (AvgIpc) is 3.39. The molecule has 150 valence electrons. The summed E-state index contributed by atoms with van der Waals surface area (Å²) in [6.45, 7) is 6.46. The molecule has 0 radical (unpaired) electrons. The van der Waals surface area contributed by atoms with Crippen LogP contribution >= 0.6 is 24.0 Å². The van der Waals surface area contributed by atoms with Crippen LogP contribution in [0.1, 0.15) is 44.9 Å². The molecule has 0 aromatic rings. The smallest absolute Gasteiger partial charge is 0.191 e. The third kappa shape index (κ3) is 5.02. The predicted molar refractivity (Wildman–Crippen MR) is 116 cm³/mol. The Morgan fingerprint density at radius 1 is 1.00 bits per heavy atom. The van der Waals surface area contributed by atoms with E-state index < -0.39 is 0 Å². The van der Waals surface area contributed by atoms with E-state index in [0.29, 0.717) is 12.1 Å². The first-order valence-corrected chi connectivity index (χ1v) is 10.4. The average molecular weight is 477 g/mol. The standard InChI is InChI=1S/C19H35N5O.HI/c1-20-19(21-11-18-13-23-9-4-7-17(23)14-25-18)22-15-8-10-24(12-15)16-5-2-3-6-16;/h15-18H,2-14H2,1H3,(H2,20,21,22);1H. The first-order valence-electron chi connectivity index (χ1n) is 10.4. The summed E-state index contributed by atoms with van der Waals surface area (Å²) < 4.78 is 6.05. The van der Waals surface area contributed by atoms with Crippen LogP contribution in [0.25, 0.3) is 0 Å².